The minimum absolute atomic E-state index is 0. The highest BCUT2D eigenvalue weighted by molar-refractivity contribution is 5.85. The number of hydrogen-bond acceptors (Lipinski definition) is 2. The van der Waals surface area contributed by atoms with E-state index in [1.807, 2.05) is 0 Å². The number of carbonyl (C=O) groups is 1. The third-order valence-corrected chi connectivity index (χ3v) is 1.47. The Morgan fingerprint density at radius 3 is 2.40 bits per heavy atom. The van der Waals surface area contributed by atoms with Gasteiger partial charge in [0.1, 0.15) is 0 Å². The molecule has 60 valence electrons. The molecule has 0 aromatic heterocycles. The molecule has 1 atom stereocenters. The van der Waals surface area contributed by atoms with Crippen molar-refractivity contribution in [3.63, 3.8) is 0 Å². The first-order chi connectivity index (χ1) is 4.20. The SMILES string of the molecule is CC(C)C1NCC(=O)N1.Cl. The van der Waals surface area contributed by atoms with Crippen LogP contribution < -0.4 is 10.6 Å². The first-order valence-electron chi connectivity index (χ1n) is 3.23. The van der Waals surface area contributed by atoms with E-state index in [2.05, 4.69) is 24.5 Å². The van der Waals surface area contributed by atoms with Gasteiger partial charge in [0.2, 0.25) is 5.91 Å². The molecule has 1 heterocycles. The maximum Gasteiger partial charge on any atom is 0.235 e. The molecule has 1 fully saturated rings. The Morgan fingerprint density at radius 2 is 2.20 bits per heavy atom. The van der Waals surface area contributed by atoms with Gasteiger partial charge in [0.25, 0.3) is 0 Å². The summed E-state index contributed by atoms with van der Waals surface area (Å²) in [5, 5.41) is 5.85. The van der Waals surface area contributed by atoms with Gasteiger partial charge in [-0.15, -0.1) is 12.4 Å². The molecule has 4 heteroatoms. The average Bonchev–Trinajstić information content (AvgIpc) is 2.14. The van der Waals surface area contributed by atoms with E-state index >= 15 is 0 Å². The summed E-state index contributed by atoms with van der Waals surface area (Å²) in [7, 11) is 0. The van der Waals surface area contributed by atoms with E-state index < -0.39 is 0 Å². The third kappa shape index (κ3) is 2.15. The molecule has 3 nitrogen and oxygen atoms in total. The molecule has 0 bridgehead atoms. The fourth-order valence-electron chi connectivity index (χ4n) is 0.881. The zero-order valence-corrected chi connectivity index (χ0v) is 6.99. The lowest BCUT2D eigenvalue weighted by Crippen LogP contribution is -2.36. The molecule has 0 spiro atoms. The van der Waals surface area contributed by atoms with Crippen LogP contribution in [-0.4, -0.2) is 18.6 Å². The molecule has 2 N–H and O–H groups in total. The maximum absolute atomic E-state index is 10.6. The van der Waals surface area contributed by atoms with Crippen LogP contribution in [0.25, 0.3) is 0 Å². The molecule has 1 saturated heterocycles. The lowest BCUT2D eigenvalue weighted by atomic mass is 10.2. The fraction of sp³-hybridized carbons (Fsp3) is 0.833. The van der Waals surface area contributed by atoms with E-state index in [0.29, 0.717) is 12.5 Å². The molecular weight excluding hydrogens is 152 g/mol. The molecular formula is C6H13ClN2O. The van der Waals surface area contributed by atoms with Crippen molar-refractivity contribution < 1.29 is 4.79 Å². The van der Waals surface area contributed by atoms with Crippen LogP contribution in [0, 0.1) is 5.92 Å². The van der Waals surface area contributed by atoms with Crippen molar-refractivity contribution in [2.75, 3.05) is 6.54 Å². The monoisotopic (exact) mass is 164 g/mol. The van der Waals surface area contributed by atoms with Crippen LogP contribution in [0.1, 0.15) is 13.8 Å². The summed E-state index contributed by atoms with van der Waals surface area (Å²) in [6, 6.07) is 0. The molecule has 1 amide bonds. The second-order valence-electron chi connectivity index (χ2n) is 2.67. The average molecular weight is 165 g/mol. The highest BCUT2D eigenvalue weighted by Gasteiger charge is 2.21. The Hall–Kier alpha value is -0.280. The highest BCUT2D eigenvalue weighted by Crippen LogP contribution is 2.00. The van der Waals surface area contributed by atoms with Crippen LogP contribution in [0.2, 0.25) is 0 Å². The van der Waals surface area contributed by atoms with Gasteiger partial charge < -0.3 is 5.32 Å². The Kier molecular flexibility index (Phi) is 3.68. The van der Waals surface area contributed by atoms with Gasteiger partial charge in [-0.05, 0) is 5.92 Å². The normalized spacial score (nSPS) is 24.3. The maximum atomic E-state index is 10.6. The summed E-state index contributed by atoms with van der Waals surface area (Å²) < 4.78 is 0. The number of halogens is 1. The van der Waals surface area contributed by atoms with Crippen molar-refractivity contribution in [2.24, 2.45) is 5.92 Å². The Bertz CT molecular complexity index is 127. The summed E-state index contributed by atoms with van der Waals surface area (Å²) in [4.78, 5) is 10.6. The summed E-state index contributed by atoms with van der Waals surface area (Å²) in [5.74, 6) is 0.588. The Labute approximate surface area is 67.0 Å². The van der Waals surface area contributed by atoms with E-state index in [-0.39, 0.29) is 24.5 Å². The lowest BCUT2D eigenvalue weighted by molar-refractivity contribution is -0.118. The minimum Gasteiger partial charge on any atom is -0.339 e. The molecule has 1 rings (SSSR count). The van der Waals surface area contributed by atoms with Gasteiger partial charge in [0.05, 0.1) is 12.7 Å². The zero-order valence-electron chi connectivity index (χ0n) is 6.18. The Morgan fingerprint density at radius 1 is 1.60 bits per heavy atom. The second kappa shape index (κ2) is 3.78. The number of hydrogen-bond donors (Lipinski definition) is 2. The van der Waals surface area contributed by atoms with Crippen LogP contribution in [0.3, 0.4) is 0 Å². The first-order valence-corrected chi connectivity index (χ1v) is 3.23. The van der Waals surface area contributed by atoms with Gasteiger partial charge in [-0.2, -0.15) is 0 Å². The number of amides is 1. The van der Waals surface area contributed by atoms with Crippen molar-refractivity contribution in [3.8, 4) is 0 Å². The van der Waals surface area contributed by atoms with Gasteiger partial charge in [-0.25, -0.2) is 0 Å². The van der Waals surface area contributed by atoms with E-state index in [1.54, 1.807) is 0 Å². The number of nitrogens with one attached hydrogen (secondary N) is 2. The summed E-state index contributed by atoms with van der Waals surface area (Å²) >= 11 is 0. The predicted molar refractivity (Wildman–Crippen MR) is 42.0 cm³/mol. The van der Waals surface area contributed by atoms with Gasteiger partial charge in [-0.1, -0.05) is 13.8 Å². The van der Waals surface area contributed by atoms with E-state index in [1.165, 1.54) is 0 Å². The van der Waals surface area contributed by atoms with Gasteiger partial charge in [0, 0.05) is 0 Å². The molecule has 0 saturated carbocycles. The highest BCUT2D eigenvalue weighted by atomic mass is 35.5. The largest absolute Gasteiger partial charge is 0.339 e. The topological polar surface area (TPSA) is 41.1 Å². The summed E-state index contributed by atoms with van der Waals surface area (Å²) in [6.45, 7) is 4.62. The quantitative estimate of drug-likeness (QED) is 0.578. The summed E-state index contributed by atoms with van der Waals surface area (Å²) in [6.07, 6.45) is 0.192. The molecule has 0 aliphatic carbocycles. The molecule has 0 radical (unpaired) electrons. The van der Waals surface area contributed by atoms with Crippen molar-refractivity contribution in [1.29, 1.82) is 0 Å². The molecule has 1 aliphatic rings. The fourth-order valence-corrected chi connectivity index (χ4v) is 0.881. The number of rotatable bonds is 1. The number of carbonyl (C=O) groups excluding carboxylic acids is 1. The van der Waals surface area contributed by atoms with Gasteiger partial charge >= 0.3 is 0 Å². The third-order valence-electron chi connectivity index (χ3n) is 1.47. The van der Waals surface area contributed by atoms with Crippen LogP contribution >= 0.6 is 12.4 Å². The molecule has 10 heavy (non-hydrogen) atoms. The van der Waals surface area contributed by atoms with Crippen molar-refractivity contribution in [2.45, 2.75) is 20.0 Å². The van der Waals surface area contributed by atoms with Gasteiger partial charge in [-0.3, -0.25) is 10.1 Å². The minimum atomic E-state index is 0. The van der Waals surface area contributed by atoms with Crippen LogP contribution in [-0.2, 0) is 4.79 Å². The predicted octanol–water partition coefficient (Wildman–Crippen LogP) is 0.110. The second-order valence-corrected chi connectivity index (χ2v) is 2.67. The molecule has 1 unspecified atom stereocenters. The van der Waals surface area contributed by atoms with Crippen molar-refractivity contribution >= 4 is 18.3 Å². The summed E-state index contributed by atoms with van der Waals surface area (Å²) in [5.41, 5.74) is 0. The zero-order chi connectivity index (χ0) is 6.85. The Balaban J connectivity index is 0.000000810. The van der Waals surface area contributed by atoms with E-state index in [0.717, 1.165) is 0 Å². The van der Waals surface area contributed by atoms with Crippen LogP contribution in [0.15, 0.2) is 0 Å². The van der Waals surface area contributed by atoms with E-state index in [4.69, 9.17) is 0 Å². The molecule has 0 aromatic rings. The smallest absolute Gasteiger partial charge is 0.235 e. The lowest BCUT2D eigenvalue weighted by Gasteiger charge is -2.13. The van der Waals surface area contributed by atoms with Gasteiger partial charge in [0.15, 0.2) is 0 Å². The molecule has 1 aliphatic heterocycles. The van der Waals surface area contributed by atoms with Crippen molar-refractivity contribution in [1.82, 2.24) is 10.6 Å². The van der Waals surface area contributed by atoms with Crippen LogP contribution in [0.4, 0.5) is 0 Å². The van der Waals surface area contributed by atoms with Crippen molar-refractivity contribution in [3.05, 3.63) is 0 Å². The van der Waals surface area contributed by atoms with Crippen LogP contribution in [0.5, 0.6) is 0 Å². The first kappa shape index (κ1) is 9.72. The molecule has 0 aromatic carbocycles. The van der Waals surface area contributed by atoms with E-state index in [9.17, 15) is 4.79 Å². The standard InChI is InChI=1S/C6H12N2O.ClH/c1-4(2)6-7-3-5(9)8-6;/h4,6-7H,3H2,1-2H3,(H,8,9);1H.